The second-order valence-electron chi connectivity index (χ2n) is 2.58. The molecule has 0 bridgehead atoms. The highest BCUT2D eigenvalue weighted by molar-refractivity contribution is 5.39. The largest absolute Gasteiger partial charge is 0.402 e. The Labute approximate surface area is 67.3 Å². The maximum atomic E-state index is 5.53. The van der Waals surface area contributed by atoms with Crippen molar-refractivity contribution in [1.82, 2.24) is 0 Å². The van der Waals surface area contributed by atoms with Crippen LogP contribution < -0.4 is 5.73 Å². The zero-order valence-corrected chi connectivity index (χ0v) is 6.38. The van der Waals surface area contributed by atoms with E-state index in [0.29, 0.717) is 5.70 Å². The fourth-order valence-electron chi connectivity index (χ4n) is 1.00. The van der Waals surface area contributed by atoms with Gasteiger partial charge in [-0.25, -0.2) is 0 Å². The molecule has 0 aromatic heterocycles. The van der Waals surface area contributed by atoms with Crippen LogP contribution >= 0.6 is 0 Å². The summed E-state index contributed by atoms with van der Waals surface area (Å²) in [6.45, 7) is 3.68. The zero-order valence-electron chi connectivity index (χ0n) is 6.38. The topological polar surface area (TPSA) is 26.0 Å². The molecule has 11 heavy (non-hydrogen) atoms. The summed E-state index contributed by atoms with van der Waals surface area (Å²) in [6.07, 6.45) is 12.0. The minimum atomic E-state index is 0.270. The molecule has 0 amide bonds. The summed E-state index contributed by atoms with van der Waals surface area (Å²) in [5.41, 5.74) is 7.16. The average molecular weight is 145 g/mol. The fraction of sp³-hybridized carbons (Fsp3) is 0.200. The van der Waals surface area contributed by atoms with E-state index < -0.39 is 0 Å². The van der Waals surface area contributed by atoms with Gasteiger partial charge in [0.25, 0.3) is 0 Å². The van der Waals surface area contributed by atoms with Gasteiger partial charge < -0.3 is 5.73 Å². The lowest BCUT2D eigenvalue weighted by Crippen LogP contribution is -2.09. The van der Waals surface area contributed by atoms with Crippen molar-refractivity contribution in [2.75, 3.05) is 0 Å². The Balaban J connectivity index is 2.66. The van der Waals surface area contributed by atoms with Gasteiger partial charge in [-0.05, 0) is 6.42 Å². The van der Waals surface area contributed by atoms with Crippen LogP contribution in [0.2, 0.25) is 0 Å². The van der Waals surface area contributed by atoms with Crippen LogP contribution in [-0.2, 0) is 0 Å². The number of hydrogen-bond donors (Lipinski definition) is 1. The van der Waals surface area contributed by atoms with Crippen LogP contribution in [-0.4, -0.2) is 0 Å². The lowest BCUT2D eigenvalue weighted by atomic mass is 9.95. The molecule has 1 aliphatic carbocycles. The molecule has 0 aromatic rings. The average Bonchev–Trinajstić information content (AvgIpc) is 2.05. The summed E-state index contributed by atoms with van der Waals surface area (Å²) in [4.78, 5) is 0. The second kappa shape index (κ2) is 3.12. The molecular weight excluding hydrogens is 134 g/mol. The van der Waals surface area contributed by atoms with Gasteiger partial charge in [-0.1, -0.05) is 30.7 Å². The predicted molar refractivity (Wildman–Crippen MR) is 47.5 cm³/mol. The van der Waals surface area contributed by atoms with Crippen molar-refractivity contribution < 1.29 is 0 Å². The van der Waals surface area contributed by atoms with E-state index >= 15 is 0 Å². The lowest BCUT2D eigenvalue weighted by Gasteiger charge is -2.12. The van der Waals surface area contributed by atoms with Gasteiger partial charge in [0.1, 0.15) is 0 Å². The predicted octanol–water partition coefficient (Wildman–Crippen LogP) is 1.59. The molecule has 0 aromatic carbocycles. The fourth-order valence-corrected chi connectivity index (χ4v) is 1.00. The summed E-state index contributed by atoms with van der Waals surface area (Å²) >= 11 is 0. The molecule has 1 rings (SSSR count). The van der Waals surface area contributed by atoms with Crippen molar-refractivity contribution in [2.24, 2.45) is 11.7 Å². The van der Waals surface area contributed by atoms with Crippen LogP contribution in [0.15, 0.2) is 36.1 Å². The first-order valence-corrected chi connectivity index (χ1v) is 3.53. The highest BCUT2D eigenvalue weighted by atomic mass is 14.6. The summed E-state index contributed by atoms with van der Waals surface area (Å²) in [5, 5.41) is 0. The van der Waals surface area contributed by atoms with Crippen LogP contribution in [0.3, 0.4) is 0 Å². The Bertz CT molecular complexity index is 263. The molecule has 1 aliphatic rings. The van der Waals surface area contributed by atoms with E-state index in [1.165, 1.54) is 0 Å². The minimum Gasteiger partial charge on any atom is -0.402 e. The standard InChI is InChI=1S/C10H11N/c1-3-9-4-6-10(7-5-9)8(2)11/h1,4-6,10H,2,7,11H2/t10-/m0/s1. The van der Waals surface area contributed by atoms with E-state index in [-0.39, 0.29) is 5.92 Å². The summed E-state index contributed by atoms with van der Waals surface area (Å²) in [7, 11) is 0. The molecule has 0 aliphatic heterocycles. The minimum absolute atomic E-state index is 0.270. The lowest BCUT2D eigenvalue weighted by molar-refractivity contribution is 0.756. The Morgan fingerprint density at radius 2 is 2.55 bits per heavy atom. The summed E-state index contributed by atoms with van der Waals surface area (Å²) in [5.74, 6) is 2.84. The third-order valence-electron chi connectivity index (χ3n) is 1.74. The van der Waals surface area contributed by atoms with Crippen LogP contribution in [0.5, 0.6) is 0 Å². The number of nitrogens with two attached hydrogens (primary N) is 1. The zero-order chi connectivity index (χ0) is 8.27. The van der Waals surface area contributed by atoms with Gasteiger partial charge in [-0.15, -0.1) is 6.42 Å². The van der Waals surface area contributed by atoms with Crippen molar-refractivity contribution in [1.29, 1.82) is 0 Å². The van der Waals surface area contributed by atoms with Gasteiger partial charge >= 0.3 is 0 Å². The number of hydrogen-bond acceptors (Lipinski definition) is 1. The smallest absolute Gasteiger partial charge is 0.0200 e. The van der Waals surface area contributed by atoms with Crippen molar-refractivity contribution in [3.8, 4) is 12.3 Å². The number of allylic oxidation sites excluding steroid dienone is 4. The first-order valence-electron chi connectivity index (χ1n) is 3.53. The second-order valence-corrected chi connectivity index (χ2v) is 2.58. The molecular formula is C10H11N. The van der Waals surface area contributed by atoms with Crippen molar-refractivity contribution >= 4 is 0 Å². The molecule has 1 atom stereocenters. The van der Waals surface area contributed by atoms with Gasteiger partial charge in [-0.2, -0.15) is 0 Å². The third kappa shape index (κ3) is 1.75. The molecule has 0 saturated heterocycles. The molecule has 0 spiro atoms. The van der Waals surface area contributed by atoms with E-state index in [2.05, 4.69) is 12.5 Å². The van der Waals surface area contributed by atoms with Gasteiger partial charge in [0.05, 0.1) is 0 Å². The molecule has 0 radical (unpaired) electrons. The molecule has 56 valence electrons. The molecule has 0 unspecified atom stereocenters. The summed E-state index contributed by atoms with van der Waals surface area (Å²) in [6, 6.07) is 0. The van der Waals surface area contributed by atoms with Crippen molar-refractivity contribution in [3.63, 3.8) is 0 Å². The SMILES string of the molecule is C#CC1=CC[C@@H](C(=C)N)C=C1. The highest BCUT2D eigenvalue weighted by Crippen LogP contribution is 2.18. The Hall–Kier alpha value is -1.42. The van der Waals surface area contributed by atoms with E-state index in [1.807, 2.05) is 18.2 Å². The van der Waals surface area contributed by atoms with E-state index in [9.17, 15) is 0 Å². The van der Waals surface area contributed by atoms with E-state index in [1.54, 1.807) is 0 Å². The van der Waals surface area contributed by atoms with Gasteiger partial charge in [0.15, 0.2) is 0 Å². The number of rotatable bonds is 1. The Morgan fingerprint density at radius 1 is 1.82 bits per heavy atom. The van der Waals surface area contributed by atoms with Gasteiger partial charge in [-0.3, -0.25) is 0 Å². The maximum Gasteiger partial charge on any atom is 0.0200 e. The highest BCUT2D eigenvalue weighted by Gasteiger charge is 2.07. The maximum absolute atomic E-state index is 5.53. The number of terminal acetylenes is 1. The Morgan fingerprint density at radius 3 is 2.91 bits per heavy atom. The Kier molecular flexibility index (Phi) is 2.18. The molecule has 0 saturated carbocycles. The van der Waals surface area contributed by atoms with Crippen LogP contribution in [0.1, 0.15) is 6.42 Å². The van der Waals surface area contributed by atoms with E-state index in [0.717, 1.165) is 12.0 Å². The van der Waals surface area contributed by atoms with Crippen LogP contribution in [0.4, 0.5) is 0 Å². The van der Waals surface area contributed by atoms with Crippen LogP contribution in [0, 0.1) is 18.3 Å². The monoisotopic (exact) mass is 145 g/mol. The van der Waals surface area contributed by atoms with Gasteiger partial charge in [0.2, 0.25) is 0 Å². The summed E-state index contributed by atoms with van der Waals surface area (Å²) < 4.78 is 0. The van der Waals surface area contributed by atoms with Crippen LogP contribution in [0.25, 0.3) is 0 Å². The normalized spacial score (nSPS) is 22.1. The molecule has 1 nitrogen and oxygen atoms in total. The van der Waals surface area contributed by atoms with E-state index in [4.69, 9.17) is 12.2 Å². The molecule has 0 fully saturated rings. The van der Waals surface area contributed by atoms with Crippen molar-refractivity contribution in [3.05, 3.63) is 36.1 Å². The van der Waals surface area contributed by atoms with Crippen molar-refractivity contribution in [2.45, 2.75) is 6.42 Å². The molecule has 0 heterocycles. The molecule has 1 heteroatoms. The third-order valence-corrected chi connectivity index (χ3v) is 1.74. The quantitative estimate of drug-likeness (QED) is 0.557. The van der Waals surface area contributed by atoms with Gasteiger partial charge in [0, 0.05) is 17.2 Å². The first kappa shape index (κ1) is 7.68. The first-order chi connectivity index (χ1) is 5.24. The molecule has 2 N–H and O–H groups in total.